The molecule has 0 aliphatic heterocycles. The quantitative estimate of drug-likeness (QED) is 0.594. The first kappa shape index (κ1) is 8.24. The molecule has 1 aromatic carbocycles. The van der Waals surface area contributed by atoms with E-state index in [0.29, 0.717) is 5.92 Å². The van der Waals surface area contributed by atoms with Gasteiger partial charge in [-0.2, -0.15) is 0 Å². The number of aryl methyl sites for hydroxylation is 1. The number of rotatable bonds is 1. The van der Waals surface area contributed by atoms with E-state index in [0.717, 1.165) is 17.5 Å². The third-order valence-corrected chi connectivity index (χ3v) is 2.51. The molecule has 0 bridgehead atoms. The molecule has 1 atom stereocenters. The number of allylic oxidation sites excluding steroid dienone is 2. The van der Waals surface area contributed by atoms with Crippen LogP contribution in [0.15, 0.2) is 41.2 Å². The smallest absolute Gasteiger partial charge is 0.181 e. The van der Waals surface area contributed by atoms with Crippen LogP contribution in [0.25, 0.3) is 0 Å². The number of hydrogen-bond donors (Lipinski definition) is 0. The van der Waals surface area contributed by atoms with Gasteiger partial charge in [0.1, 0.15) is 0 Å². The van der Waals surface area contributed by atoms with Crippen LogP contribution in [0.5, 0.6) is 0 Å². The van der Waals surface area contributed by atoms with E-state index < -0.39 is 0 Å². The Bertz CT molecular complexity index is 404. The molecule has 1 aromatic rings. The van der Waals surface area contributed by atoms with Gasteiger partial charge in [-0.25, -0.2) is 0 Å². The molecular weight excluding hydrogens is 160 g/mol. The first-order valence-electron chi connectivity index (χ1n) is 4.55. The molecule has 1 heteroatoms. The summed E-state index contributed by atoms with van der Waals surface area (Å²) in [6.07, 6.45) is 5.35. The molecule has 0 aromatic heterocycles. The van der Waals surface area contributed by atoms with E-state index in [4.69, 9.17) is 0 Å². The zero-order chi connectivity index (χ0) is 9.26. The molecule has 1 nitrogen and oxygen atoms in total. The zero-order valence-corrected chi connectivity index (χ0v) is 7.66. The fourth-order valence-corrected chi connectivity index (χ4v) is 1.45. The van der Waals surface area contributed by atoms with Crippen molar-refractivity contribution in [1.29, 1.82) is 0 Å². The summed E-state index contributed by atoms with van der Waals surface area (Å²) in [7, 11) is 0. The van der Waals surface area contributed by atoms with Crippen LogP contribution >= 0.6 is 0 Å². The fourth-order valence-electron chi connectivity index (χ4n) is 1.45. The van der Waals surface area contributed by atoms with E-state index in [9.17, 15) is 4.79 Å². The Labute approximate surface area is 77.7 Å². The van der Waals surface area contributed by atoms with E-state index in [1.165, 1.54) is 0 Å². The van der Waals surface area contributed by atoms with Crippen LogP contribution in [0.4, 0.5) is 0 Å². The van der Waals surface area contributed by atoms with Crippen molar-refractivity contribution in [1.82, 2.24) is 0 Å². The third kappa shape index (κ3) is 1.55. The van der Waals surface area contributed by atoms with Gasteiger partial charge in [-0.3, -0.25) is 4.79 Å². The largest absolute Gasteiger partial charge is 0.290 e. The fraction of sp³-hybridized carbons (Fsp3) is 0.250. The average Bonchev–Trinajstić information content (AvgIpc) is 2.12. The lowest BCUT2D eigenvalue weighted by atomic mass is 9.89. The molecule has 0 spiro atoms. The minimum atomic E-state index is 0.139. The van der Waals surface area contributed by atoms with Gasteiger partial charge in [-0.05, 0) is 30.5 Å². The van der Waals surface area contributed by atoms with Gasteiger partial charge in [-0.1, -0.05) is 30.4 Å². The van der Waals surface area contributed by atoms with Crippen LogP contribution in [0.1, 0.15) is 23.5 Å². The second kappa shape index (κ2) is 3.17. The molecule has 1 aliphatic rings. The normalized spacial score (nSPS) is 19.6. The molecular formula is C12H12O. The molecule has 0 heterocycles. The second-order valence-corrected chi connectivity index (χ2v) is 3.49. The lowest BCUT2D eigenvalue weighted by Gasteiger charge is -2.16. The van der Waals surface area contributed by atoms with Crippen molar-refractivity contribution in [3.8, 4) is 0 Å². The molecule has 1 aliphatic carbocycles. The highest BCUT2D eigenvalue weighted by atomic mass is 16.1. The number of hydrogen-bond acceptors (Lipinski definition) is 1. The molecule has 1 unspecified atom stereocenters. The van der Waals surface area contributed by atoms with Crippen molar-refractivity contribution < 1.29 is 0 Å². The lowest BCUT2D eigenvalue weighted by Crippen LogP contribution is -2.04. The zero-order valence-electron chi connectivity index (χ0n) is 7.66. The van der Waals surface area contributed by atoms with Gasteiger partial charge < -0.3 is 0 Å². The van der Waals surface area contributed by atoms with Crippen LogP contribution < -0.4 is 5.43 Å². The first-order valence-corrected chi connectivity index (χ1v) is 4.55. The Hall–Kier alpha value is -1.37. The van der Waals surface area contributed by atoms with E-state index in [1.54, 1.807) is 6.07 Å². The third-order valence-electron chi connectivity index (χ3n) is 2.51. The predicted molar refractivity (Wildman–Crippen MR) is 53.9 cm³/mol. The van der Waals surface area contributed by atoms with Gasteiger partial charge in [0.2, 0.25) is 0 Å². The van der Waals surface area contributed by atoms with E-state index in [-0.39, 0.29) is 5.43 Å². The van der Waals surface area contributed by atoms with Gasteiger partial charge in [0, 0.05) is 5.92 Å². The van der Waals surface area contributed by atoms with Crippen molar-refractivity contribution in [2.45, 2.75) is 19.3 Å². The maximum absolute atomic E-state index is 11.5. The van der Waals surface area contributed by atoms with Gasteiger partial charge in [0.15, 0.2) is 5.43 Å². The van der Waals surface area contributed by atoms with E-state index in [2.05, 4.69) is 12.2 Å². The lowest BCUT2D eigenvalue weighted by molar-refractivity contribution is 0.794. The Kier molecular flexibility index (Phi) is 2.01. The monoisotopic (exact) mass is 172 g/mol. The summed E-state index contributed by atoms with van der Waals surface area (Å²) in [6, 6.07) is 7.61. The van der Waals surface area contributed by atoms with Crippen LogP contribution in [-0.4, -0.2) is 0 Å². The maximum atomic E-state index is 11.5. The van der Waals surface area contributed by atoms with Crippen LogP contribution in [0.2, 0.25) is 0 Å². The molecule has 0 fully saturated rings. The minimum absolute atomic E-state index is 0.139. The molecule has 2 rings (SSSR count). The van der Waals surface area contributed by atoms with Gasteiger partial charge >= 0.3 is 0 Å². The molecule has 13 heavy (non-hydrogen) atoms. The summed E-state index contributed by atoms with van der Waals surface area (Å²) in [5.74, 6) is 0.472. The summed E-state index contributed by atoms with van der Waals surface area (Å²) >= 11 is 0. The summed E-state index contributed by atoms with van der Waals surface area (Å²) in [5.41, 5.74) is 2.09. The SMILES string of the molecule is Cc1cccc(C2C=CC2)cc1=O. The Balaban J connectivity index is 2.50. The molecule has 0 saturated heterocycles. The molecule has 0 N–H and O–H groups in total. The van der Waals surface area contributed by atoms with Crippen molar-refractivity contribution in [3.63, 3.8) is 0 Å². The van der Waals surface area contributed by atoms with Crippen LogP contribution in [-0.2, 0) is 0 Å². The van der Waals surface area contributed by atoms with E-state index in [1.807, 2.05) is 25.1 Å². The Morgan fingerprint density at radius 3 is 2.77 bits per heavy atom. The van der Waals surface area contributed by atoms with Crippen molar-refractivity contribution in [3.05, 3.63) is 57.8 Å². The summed E-state index contributed by atoms with van der Waals surface area (Å²) in [6.45, 7) is 1.85. The molecule has 0 amide bonds. The standard InChI is InChI=1S/C12H12O/c1-9-4-2-7-11(8-12(9)13)10-5-3-6-10/h2-5,7-8,10H,6H2,1H3. The first-order chi connectivity index (χ1) is 6.27. The summed E-state index contributed by atoms with van der Waals surface area (Å²) < 4.78 is 0. The molecule has 66 valence electrons. The average molecular weight is 172 g/mol. The van der Waals surface area contributed by atoms with Gasteiger partial charge in [-0.15, -0.1) is 0 Å². The Morgan fingerprint density at radius 1 is 1.38 bits per heavy atom. The van der Waals surface area contributed by atoms with Crippen molar-refractivity contribution >= 4 is 0 Å². The van der Waals surface area contributed by atoms with E-state index >= 15 is 0 Å². The topological polar surface area (TPSA) is 17.1 Å². The highest BCUT2D eigenvalue weighted by molar-refractivity contribution is 5.29. The van der Waals surface area contributed by atoms with Gasteiger partial charge in [0.25, 0.3) is 0 Å². The highest BCUT2D eigenvalue weighted by Gasteiger charge is 2.11. The van der Waals surface area contributed by atoms with Crippen molar-refractivity contribution in [2.75, 3.05) is 0 Å². The van der Waals surface area contributed by atoms with Crippen LogP contribution in [0, 0.1) is 6.92 Å². The van der Waals surface area contributed by atoms with Crippen molar-refractivity contribution in [2.24, 2.45) is 0 Å². The second-order valence-electron chi connectivity index (χ2n) is 3.49. The van der Waals surface area contributed by atoms with Gasteiger partial charge in [0.05, 0.1) is 0 Å². The predicted octanol–water partition coefficient (Wildman–Crippen LogP) is 2.40. The maximum Gasteiger partial charge on any atom is 0.181 e. The minimum Gasteiger partial charge on any atom is -0.290 e. The highest BCUT2D eigenvalue weighted by Crippen LogP contribution is 2.27. The molecule has 0 saturated carbocycles. The Morgan fingerprint density at radius 2 is 2.15 bits per heavy atom. The summed E-state index contributed by atoms with van der Waals surface area (Å²) in [4.78, 5) is 11.5. The van der Waals surface area contributed by atoms with Crippen LogP contribution in [0.3, 0.4) is 0 Å². The summed E-state index contributed by atoms with van der Waals surface area (Å²) in [5, 5.41) is 0. The molecule has 0 radical (unpaired) electrons.